The van der Waals surface area contributed by atoms with Gasteiger partial charge in [-0.2, -0.15) is 0 Å². The summed E-state index contributed by atoms with van der Waals surface area (Å²) in [5, 5.41) is 0.814. The maximum absolute atomic E-state index is 4.68. The zero-order valence-corrected chi connectivity index (χ0v) is 10.9. The molecule has 0 unspecified atom stereocenters. The summed E-state index contributed by atoms with van der Waals surface area (Å²) in [6.45, 7) is 6.48. The predicted octanol–water partition coefficient (Wildman–Crippen LogP) is 3.66. The Kier molecular flexibility index (Phi) is 2.83. The van der Waals surface area contributed by atoms with Crippen molar-refractivity contribution in [3.8, 4) is 0 Å². The molecule has 0 radical (unpaired) electrons. The lowest BCUT2D eigenvalue weighted by Crippen LogP contribution is -1.96. The minimum Gasteiger partial charge on any atom is -0.303 e. The van der Waals surface area contributed by atoms with Crippen LogP contribution < -0.4 is 0 Å². The van der Waals surface area contributed by atoms with E-state index in [1.807, 2.05) is 0 Å². The normalized spacial score (nSPS) is 11.5. The highest BCUT2D eigenvalue weighted by molar-refractivity contribution is 9.08. The zero-order chi connectivity index (χ0) is 11.0. The lowest BCUT2D eigenvalue weighted by molar-refractivity contribution is 0.767. The van der Waals surface area contributed by atoms with Gasteiger partial charge in [0.2, 0.25) is 0 Å². The maximum Gasteiger partial charge on any atom is 0.116 e. The Morgan fingerprint density at radius 3 is 2.80 bits per heavy atom. The Morgan fingerprint density at radius 1 is 1.47 bits per heavy atom. The van der Waals surface area contributed by atoms with E-state index < -0.39 is 0 Å². The monoisotopic (exact) mass is 266 g/mol. The second-order valence-corrected chi connectivity index (χ2v) is 4.68. The van der Waals surface area contributed by atoms with Gasteiger partial charge in [-0.3, -0.25) is 0 Å². The number of imidazole rings is 1. The Bertz CT molecular complexity index is 486. The van der Waals surface area contributed by atoms with E-state index in [1.54, 1.807) is 0 Å². The van der Waals surface area contributed by atoms with E-state index in [1.165, 1.54) is 11.1 Å². The van der Waals surface area contributed by atoms with Gasteiger partial charge in [-0.1, -0.05) is 35.8 Å². The van der Waals surface area contributed by atoms with Crippen LogP contribution in [-0.4, -0.2) is 9.38 Å². The summed E-state index contributed by atoms with van der Waals surface area (Å²) in [7, 11) is 0. The molecule has 0 saturated carbocycles. The van der Waals surface area contributed by atoms with Gasteiger partial charge in [0.15, 0.2) is 0 Å². The molecule has 0 aliphatic carbocycles. The highest BCUT2D eigenvalue weighted by Gasteiger charge is 2.13. The average molecular weight is 267 g/mol. The first-order valence-electron chi connectivity index (χ1n) is 5.17. The van der Waals surface area contributed by atoms with Gasteiger partial charge < -0.3 is 4.40 Å². The number of hydrogen-bond acceptors (Lipinski definition) is 1. The van der Waals surface area contributed by atoms with Crippen molar-refractivity contribution in [3.05, 3.63) is 35.4 Å². The second kappa shape index (κ2) is 3.97. The third-order valence-corrected chi connectivity index (χ3v) is 3.14. The van der Waals surface area contributed by atoms with Gasteiger partial charge in [0, 0.05) is 17.4 Å². The Labute approximate surface area is 98.5 Å². The van der Waals surface area contributed by atoms with E-state index in [2.05, 4.69) is 64.4 Å². The topological polar surface area (TPSA) is 17.3 Å². The first kappa shape index (κ1) is 10.7. The molecule has 0 aliphatic heterocycles. The molecule has 0 saturated heterocycles. The summed E-state index contributed by atoms with van der Waals surface area (Å²) in [4.78, 5) is 4.68. The summed E-state index contributed by atoms with van der Waals surface area (Å²) < 4.78 is 2.20. The highest BCUT2D eigenvalue weighted by atomic mass is 79.9. The maximum atomic E-state index is 4.68. The smallest absolute Gasteiger partial charge is 0.116 e. The summed E-state index contributed by atoms with van der Waals surface area (Å²) >= 11 is 3.50. The van der Waals surface area contributed by atoms with E-state index in [4.69, 9.17) is 0 Å². The molecule has 0 spiro atoms. The molecule has 15 heavy (non-hydrogen) atoms. The third kappa shape index (κ3) is 1.69. The van der Waals surface area contributed by atoms with Crippen molar-refractivity contribution in [3.63, 3.8) is 0 Å². The van der Waals surface area contributed by atoms with Gasteiger partial charge >= 0.3 is 0 Å². The molecular formula is C12H15BrN2. The SMILES string of the molecule is Cc1cccn2c(C(C)C)nc(CBr)c12. The van der Waals surface area contributed by atoms with Crippen LogP contribution >= 0.6 is 15.9 Å². The van der Waals surface area contributed by atoms with E-state index in [9.17, 15) is 0 Å². The van der Waals surface area contributed by atoms with Crippen molar-refractivity contribution in [1.82, 2.24) is 9.38 Å². The van der Waals surface area contributed by atoms with E-state index in [0.717, 1.165) is 16.8 Å². The molecule has 0 aliphatic rings. The number of aromatic nitrogens is 2. The quantitative estimate of drug-likeness (QED) is 0.759. The van der Waals surface area contributed by atoms with Crippen LogP contribution in [0.5, 0.6) is 0 Å². The molecule has 0 fully saturated rings. The second-order valence-electron chi connectivity index (χ2n) is 4.11. The minimum absolute atomic E-state index is 0.451. The first-order chi connectivity index (χ1) is 7.15. The van der Waals surface area contributed by atoms with Crippen molar-refractivity contribution >= 4 is 21.4 Å². The first-order valence-corrected chi connectivity index (χ1v) is 6.29. The van der Waals surface area contributed by atoms with Gasteiger partial charge in [-0.25, -0.2) is 4.98 Å². The molecule has 80 valence electrons. The molecule has 0 bridgehead atoms. The number of hydrogen-bond donors (Lipinski definition) is 0. The van der Waals surface area contributed by atoms with Crippen molar-refractivity contribution in [2.75, 3.05) is 0 Å². The average Bonchev–Trinajstić information content (AvgIpc) is 2.58. The van der Waals surface area contributed by atoms with Crippen LogP contribution in [0.1, 0.15) is 36.8 Å². The van der Waals surface area contributed by atoms with Gasteiger partial charge in [-0.05, 0) is 18.6 Å². The molecular weight excluding hydrogens is 252 g/mol. The fourth-order valence-electron chi connectivity index (χ4n) is 1.92. The van der Waals surface area contributed by atoms with Crippen molar-refractivity contribution < 1.29 is 0 Å². The van der Waals surface area contributed by atoms with Crippen LogP contribution in [0.15, 0.2) is 18.3 Å². The largest absolute Gasteiger partial charge is 0.303 e. The zero-order valence-electron chi connectivity index (χ0n) is 9.29. The molecule has 2 aromatic rings. The Morgan fingerprint density at radius 2 is 2.20 bits per heavy atom. The predicted molar refractivity (Wildman–Crippen MR) is 66.6 cm³/mol. The van der Waals surface area contributed by atoms with E-state index in [-0.39, 0.29) is 0 Å². The van der Waals surface area contributed by atoms with Crippen molar-refractivity contribution in [2.24, 2.45) is 0 Å². The lowest BCUT2D eigenvalue weighted by Gasteiger charge is -2.04. The number of pyridine rings is 1. The molecule has 0 aromatic carbocycles. The minimum atomic E-state index is 0.451. The van der Waals surface area contributed by atoms with Crippen LogP contribution in [0.4, 0.5) is 0 Å². The summed E-state index contributed by atoms with van der Waals surface area (Å²) in [6.07, 6.45) is 2.09. The number of halogens is 1. The summed E-state index contributed by atoms with van der Waals surface area (Å²) in [5.41, 5.74) is 3.67. The molecule has 2 nitrogen and oxygen atoms in total. The Hall–Kier alpha value is -0.830. The van der Waals surface area contributed by atoms with E-state index >= 15 is 0 Å². The van der Waals surface area contributed by atoms with Gasteiger partial charge in [0.25, 0.3) is 0 Å². The Balaban J connectivity index is 2.81. The van der Waals surface area contributed by atoms with E-state index in [0.29, 0.717) is 5.92 Å². The molecule has 2 rings (SSSR count). The van der Waals surface area contributed by atoms with Crippen LogP contribution in [-0.2, 0) is 5.33 Å². The van der Waals surface area contributed by atoms with Crippen LogP contribution in [0.2, 0.25) is 0 Å². The number of fused-ring (bicyclic) bond motifs is 1. The van der Waals surface area contributed by atoms with Crippen LogP contribution in [0, 0.1) is 6.92 Å². The fourth-order valence-corrected chi connectivity index (χ4v) is 2.31. The third-order valence-electron chi connectivity index (χ3n) is 2.61. The van der Waals surface area contributed by atoms with Crippen molar-refractivity contribution in [2.45, 2.75) is 32.0 Å². The van der Waals surface area contributed by atoms with Crippen LogP contribution in [0.25, 0.3) is 5.52 Å². The molecule has 2 aromatic heterocycles. The van der Waals surface area contributed by atoms with Crippen molar-refractivity contribution in [1.29, 1.82) is 0 Å². The highest BCUT2D eigenvalue weighted by Crippen LogP contribution is 2.23. The number of aryl methyl sites for hydroxylation is 1. The molecule has 2 heterocycles. The number of alkyl halides is 1. The molecule has 0 atom stereocenters. The number of rotatable bonds is 2. The fraction of sp³-hybridized carbons (Fsp3) is 0.417. The molecule has 3 heteroatoms. The van der Waals surface area contributed by atoms with Gasteiger partial charge in [0.1, 0.15) is 5.82 Å². The summed E-state index contributed by atoms with van der Waals surface area (Å²) in [5.74, 6) is 1.59. The van der Waals surface area contributed by atoms with Gasteiger partial charge in [0.05, 0.1) is 11.2 Å². The van der Waals surface area contributed by atoms with Crippen LogP contribution in [0.3, 0.4) is 0 Å². The molecule has 0 amide bonds. The van der Waals surface area contributed by atoms with Gasteiger partial charge in [-0.15, -0.1) is 0 Å². The standard InChI is InChI=1S/C12H15BrN2/c1-8(2)12-14-10(7-13)11-9(3)5-4-6-15(11)12/h4-6,8H,7H2,1-3H3. The summed E-state index contributed by atoms with van der Waals surface area (Å²) in [6, 6.07) is 4.21. The number of nitrogens with zero attached hydrogens (tertiary/aromatic N) is 2. The lowest BCUT2D eigenvalue weighted by atomic mass is 10.2. The molecule has 0 N–H and O–H groups in total.